The minimum Gasteiger partial charge on any atom is -0.494 e. The van der Waals surface area contributed by atoms with Crippen molar-refractivity contribution in [1.29, 1.82) is 0 Å². The number of nitrogens with zero attached hydrogens (tertiary/aromatic N) is 3. The molecule has 0 aliphatic carbocycles. The maximum Gasteiger partial charge on any atom is 0.257 e. The highest BCUT2D eigenvalue weighted by atomic mass is 19.1. The second kappa shape index (κ2) is 8.03. The fourth-order valence-electron chi connectivity index (χ4n) is 2.98. The van der Waals surface area contributed by atoms with E-state index >= 15 is 0 Å². The number of ether oxygens (including phenoxy) is 1. The molecule has 0 spiro atoms. The Morgan fingerprint density at radius 3 is 2.59 bits per heavy atom. The number of carbonyl (C=O) groups excluding carboxylic acids is 1. The van der Waals surface area contributed by atoms with Crippen LogP contribution in [-0.2, 0) is 6.54 Å². The molecule has 5 nitrogen and oxygen atoms in total. The molecule has 2 aromatic carbocycles. The van der Waals surface area contributed by atoms with Gasteiger partial charge >= 0.3 is 0 Å². The van der Waals surface area contributed by atoms with Gasteiger partial charge in [-0.05, 0) is 43.7 Å². The van der Waals surface area contributed by atoms with Gasteiger partial charge in [0.05, 0.1) is 30.3 Å². The standard InChI is InChI=1S/C21H22FN3O2/c1-4-24(14-16-10-11-20(27-3)19(22)12-16)21(26)18-13-23-25(15(18)2)17-8-6-5-7-9-17/h5-13H,4,14H2,1-3H3. The molecule has 27 heavy (non-hydrogen) atoms. The van der Waals surface area contributed by atoms with Crippen molar-refractivity contribution in [2.75, 3.05) is 13.7 Å². The van der Waals surface area contributed by atoms with Crippen molar-refractivity contribution in [2.24, 2.45) is 0 Å². The first-order chi connectivity index (χ1) is 13.0. The molecule has 1 amide bonds. The topological polar surface area (TPSA) is 47.4 Å². The van der Waals surface area contributed by atoms with E-state index in [0.717, 1.165) is 11.4 Å². The van der Waals surface area contributed by atoms with Crippen LogP contribution in [0.2, 0.25) is 0 Å². The number of aromatic nitrogens is 2. The van der Waals surface area contributed by atoms with Crippen LogP contribution in [0, 0.1) is 12.7 Å². The minimum absolute atomic E-state index is 0.131. The summed E-state index contributed by atoms with van der Waals surface area (Å²) in [5.41, 5.74) is 2.91. The summed E-state index contributed by atoms with van der Waals surface area (Å²) in [5, 5.41) is 4.36. The first-order valence-corrected chi connectivity index (χ1v) is 8.77. The van der Waals surface area contributed by atoms with E-state index in [1.54, 1.807) is 27.9 Å². The van der Waals surface area contributed by atoms with E-state index in [4.69, 9.17) is 4.74 Å². The lowest BCUT2D eigenvalue weighted by Gasteiger charge is -2.21. The fourth-order valence-corrected chi connectivity index (χ4v) is 2.98. The summed E-state index contributed by atoms with van der Waals surface area (Å²) in [6, 6.07) is 14.4. The summed E-state index contributed by atoms with van der Waals surface area (Å²) < 4.78 is 20.6. The predicted octanol–water partition coefficient (Wildman–Crippen LogP) is 3.99. The molecule has 3 rings (SSSR count). The molecule has 6 heteroatoms. The van der Waals surface area contributed by atoms with Crippen LogP contribution < -0.4 is 4.74 Å². The van der Waals surface area contributed by atoms with E-state index in [1.807, 2.05) is 44.2 Å². The van der Waals surface area contributed by atoms with Crippen LogP contribution in [0.5, 0.6) is 5.75 Å². The van der Waals surface area contributed by atoms with Crippen LogP contribution in [0.15, 0.2) is 54.7 Å². The summed E-state index contributed by atoms with van der Waals surface area (Å²) >= 11 is 0. The Hall–Kier alpha value is -3.15. The van der Waals surface area contributed by atoms with Gasteiger partial charge in [0.1, 0.15) is 0 Å². The van der Waals surface area contributed by atoms with Gasteiger partial charge in [0.2, 0.25) is 0 Å². The zero-order valence-electron chi connectivity index (χ0n) is 15.6. The Labute approximate surface area is 158 Å². The highest BCUT2D eigenvalue weighted by molar-refractivity contribution is 5.95. The van der Waals surface area contributed by atoms with Gasteiger partial charge in [0.25, 0.3) is 5.91 Å². The Kier molecular flexibility index (Phi) is 5.54. The molecule has 3 aromatic rings. The van der Waals surface area contributed by atoms with Gasteiger partial charge in [-0.1, -0.05) is 24.3 Å². The van der Waals surface area contributed by atoms with Crippen LogP contribution in [0.25, 0.3) is 5.69 Å². The summed E-state index contributed by atoms with van der Waals surface area (Å²) in [6.07, 6.45) is 1.59. The van der Waals surface area contributed by atoms with E-state index in [1.165, 1.54) is 13.2 Å². The quantitative estimate of drug-likeness (QED) is 0.662. The number of rotatable bonds is 6. The number of carbonyl (C=O) groups is 1. The van der Waals surface area contributed by atoms with Crippen LogP contribution in [0.3, 0.4) is 0 Å². The average Bonchev–Trinajstić information content (AvgIpc) is 3.07. The normalized spacial score (nSPS) is 10.7. The van der Waals surface area contributed by atoms with Gasteiger partial charge in [-0.15, -0.1) is 0 Å². The number of benzene rings is 2. The highest BCUT2D eigenvalue weighted by Gasteiger charge is 2.21. The molecule has 1 heterocycles. The maximum atomic E-state index is 13.9. The second-order valence-corrected chi connectivity index (χ2v) is 6.18. The third-order valence-corrected chi connectivity index (χ3v) is 4.50. The van der Waals surface area contributed by atoms with Crippen LogP contribution in [-0.4, -0.2) is 34.2 Å². The van der Waals surface area contributed by atoms with Crippen molar-refractivity contribution in [1.82, 2.24) is 14.7 Å². The second-order valence-electron chi connectivity index (χ2n) is 6.18. The molecule has 0 radical (unpaired) electrons. The highest BCUT2D eigenvalue weighted by Crippen LogP contribution is 2.20. The SMILES string of the molecule is CCN(Cc1ccc(OC)c(F)c1)C(=O)c1cnn(-c2ccccc2)c1C. The van der Waals surface area contributed by atoms with E-state index in [-0.39, 0.29) is 11.7 Å². The first-order valence-electron chi connectivity index (χ1n) is 8.77. The number of methoxy groups -OCH3 is 1. The maximum absolute atomic E-state index is 13.9. The van der Waals surface area contributed by atoms with Gasteiger partial charge < -0.3 is 9.64 Å². The summed E-state index contributed by atoms with van der Waals surface area (Å²) in [6.45, 7) is 4.58. The van der Waals surface area contributed by atoms with Gasteiger partial charge in [-0.3, -0.25) is 4.79 Å². The van der Waals surface area contributed by atoms with E-state index < -0.39 is 5.82 Å². The molecule has 0 aliphatic rings. The number of hydrogen-bond acceptors (Lipinski definition) is 3. The molecule has 0 N–H and O–H groups in total. The zero-order chi connectivity index (χ0) is 19.4. The molecule has 0 bridgehead atoms. The Balaban J connectivity index is 1.83. The van der Waals surface area contributed by atoms with Crippen molar-refractivity contribution >= 4 is 5.91 Å². The van der Waals surface area contributed by atoms with Crippen molar-refractivity contribution in [2.45, 2.75) is 20.4 Å². The van der Waals surface area contributed by atoms with Crippen molar-refractivity contribution in [3.8, 4) is 11.4 Å². The molecule has 0 saturated carbocycles. The molecule has 0 fully saturated rings. The largest absolute Gasteiger partial charge is 0.494 e. The predicted molar refractivity (Wildman–Crippen MR) is 102 cm³/mol. The molecular weight excluding hydrogens is 345 g/mol. The summed E-state index contributed by atoms with van der Waals surface area (Å²) in [4.78, 5) is 14.7. The Morgan fingerprint density at radius 1 is 1.22 bits per heavy atom. The fraction of sp³-hybridized carbons (Fsp3) is 0.238. The van der Waals surface area contributed by atoms with E-state index in [9.17, 15) is 9.18 Å². The summed E-state index contributed by atoms with van der Waals surface area (Å²) in [7, 11) is 1.42. The van der Waals surface area contributed by atoms with Crippen molar-refractivity contribution in [3.63, 3.8) is 0 Å². The van der Waals surface area contributed by atoms with Crippen LogP contribution in [0.4, 0.5) is 4.39 Å². The van der Waals surface area contributed by atoms with Crippen molar-refractivity contribution < 1.29 is 13.9 Å². The van der Waals surface area contributed by atoms with Crippen LogP contribution in [0.1, 0.15) is 28.5 Å². The molecule has 0 atom stereocenters. The zero-order valence-corrected chi connectivity index (χ0v) is 15.6. The Morgan fingerprint density at radius 2 is 1.96 bits per heavy atom. The average molecular weight is 367 g/mol. The van der Waals surface area contributed by atoms with E-state index in [0.29, 0.717) is 24.2 Å². The van der Waals surface area contributed by atoms with Gasteiger partial charge in [0.15, 0.2) is 11.6 Å². The lowest BCUT2D eigenvalue weighted by molar-refractivity contribution is 0.0751. The van der Waals surface area contributed by atoms with E-state index in [2.05, 4.69) is 5.10 Å². The van der Waals surface area contributed by atoms with Crippen molar-refractivity contribution in [3.05, 3.63) is 77.4 Å². The first kappa shape index (κ1) is 18.6. The van der Waals surface area contributed by atoms with Gasteiger partial charge in [-0.2, -0.15) is 5.10 Å². The van der Waals surface area contributed by atoms with Crippen LogP contribution >= 0.6 is 0 Å². The monoisotopic (exact) mass is 367 g/mol. The number of halogens is 1. The number of para-hydroxylation sites is 1. The molecule has 0 unspecified atom stereocenters. The lowest BCUT2D eigenvalue weighted by Crippen LogP contribution is -2.30. The van der Waals surface area contributed by atoms with Gasteiger partial charge in [-0.25, -0.2) is 9.07 Å². The third kappa shape index (κ3) is 3.84. The Bertz CT molecular complexity index is 938. The molecule has 1 aromatic heterocycles. The summed E-state index contributed by atoms with van der Waals surface area (Å²) in [5.74, 6) is -0.381. The molecular formula is C21H22FN3O2. The smallest absolute Gasteiger partial charge is 0.257 e. The number of amides is 1. The number of hydrogen-bond donors (Lipinski definition) is 0. The molecule has 0 aliphatic heterocycles. The molecule has 0 saturated heterocycles. The molecule has 140 valence electrons. The lowest BCUT2D eigenvalue weighted by atomic mass is 10.1. The third-order valence-electron chi connectivity index (χ3n) is 4.50. The minimum atomic E-state index is -0.438. The van der Waals surface area contributed by atoms with Gasteiger partial charge in [0, 0.05) is 13.1 Å².